The van der Waals surface area contributed by atoms with Gasteiger partial charge in [0, 0.05) is 11.6 Å². The number of unbranched alkanes of at least 4 members (excludes halogenated alkanes) is 1. The van der Waals surface area contributed by atoms with E-state index >= 15 is 0 Å². The zero-order valence-corrected chi connectivity index (χ0v) is 15.2. The van der Waals surface area contributed by atoms with Gasteiger partial charge in [0.05, 0.1) is 31.0 Å². The number of benzene rings is 1. The fourth-order valence-electron chi connectivity index (χ4n) is 2.72. The summed E-state index contributed by atoms with van der Waals surface area (Å²) in [4.78, 5) is 6.58. The Bertz CT molecular complexity index is 893. The summed E-state index contributed by atoms with van der Waals surface area (Å²) >= 11 is 0. The van der Waals surface area contributed by atoms with Gasteiger partial charge in [-0.2, -0.15) is 5.26 Å². The maximum absolute atomic E-state index is 8.79. The summed E-state index contributed by atoms with van der Waals surface area (Å²) in [6, 6.07) is 13.8. The molecule has 3 rings (SSSR count). The minimum absolute atomic E-state index is 0.414. The van der Waals surface area contributed by atoms with Crippen LogP contribution in [-0.2, 0) is 6.42 Å². The molecule has 0 unspecified atom stereocenters. The van der Waals surface area contributed by atoms with E-state index in [0.29, 0.717) is 18.9 Å². The van der Waals surface area contributed by atoms with Crippen LogP contribution in [0.5, 0.6) is 5.88 Å². The molecule has 0 aliphatic carbocycles. The third-order valence-electron chi connectivity index (χ3n) is 4.12. The highest BCUT2D eigenvalue weighted by Crippen LogP contribution is 2.22. The van der Waals surface area contributed by atoms with Crippen molar-refractivity contribution >= 4 is 5.65 Å². The Kier molecular flexibility index (Phi) is 5.82. The van der Waals surface area contributed by atoms with Crippen molar-refractivity contribution < 1.29 is 4.74 Å². The number of hydrogen-bond acceptors (Lipinski definition) is 5. The van der Waals surface area contributed by atoms with Gasteiger partial charge in [0.1, 0.15) is 0 Å². The molecule has 0 atom stereocenters. The van der Waals surface area contributed by atoms with Crippen LogP contribution in [0.3, 0.4) is 0 Å². The number of hydrogen-bond donors (Lipinski definition) is 0. The lowest BCUT2D eigenvalue weighted by Gasteiger charge is -2.10. The molecule has 0 aliphatic rings. The van der Waals surface area contributed by atoms with E-state index < -0.39 is 0 Å². The van der Waals surface area contributed by atoms with Crippen molar-refractivity contribution in [3.8, 4) is 23.2 Å². The minimum atomic E-state index is 0.414. The van der Waals surface area contributed by atoms with Crippen LogP contribution in [0.15, 0.2) is 42.6 Å². The van der Waals surface area contributed by atoms with Crippen LogP contribution in [0.2, 0.25) is 0 Å². The van der Waals surface area contributed by atoms with E-state index in [2.05, 4.69) is 35.1 Å². The fraction of sp³-hybridized carbons (Fsp3) is 0.350. The molecule has 6 heteroatoms. The number of nitriles is 1. The molecular weight excluding hydrogens is 326 g/mol. The van der Waals surface area contributed by atoms with Gasteiger partial charge in [0.15, 0.2) is 5.65 Å². The molecule has 3 aromatic rings. The molecule has 1 aromatic carbocycles. The zero-order chi connectivity index (χ0) is 18.4. The number of imidazole rings is 1. The maximum Gasteiger partial charge on any atom is 0.231 e. The van der Waals surface area contributed by atoms with E-state index in [4.69, 9.17) is 10.00 Å². The van der Waals surface area contributed by atoms with E-state index in [0.717, 1.165) is 41.9 Å². The van der Waals surface area contributed by atoms with Crippen LogP contribution in [0.4, 0.5) is 0 Å². The SMILES string of the molecule is CN(C)CCCCOc1ccc2ncc(-c3ccc(CC#N)cc3)n2n1. The Morgan fingerprint density at radius 2 is 1.92 bits per heavy atom. The molecule has 0 bridgehead atoms. The van der Waals surface area contributed by atoms with Crippen LogP contribution >= 0.6 is 0 Å². The second kappa shape index (κ2) is 8.45. The van der Waals surface area contributed by atoms with Crippen LogP contribution in [0, 0.1) is 11.3 Å². The first kappa shape index (κ1) is 17.9. The van der Waals surface area contributed by atoms with Crippen molar-refractivity contribution in [3.63, 3.8) is 0 Å². The standard InChI is InChI=1S/C20H23N5O/c1-24(2)13-3-4-14-26-20-10-9-19-22-15-18(25(19)23-20)17-7-5-16(6-8-17)11-12-21/h5-10,15H,3-4,11,13-14H2,1-2H3. The van der Waals surface area contributed by atoms with E-state index in [1.807, 2.05) is 42.6 Å². The molecule has 0 saturated carbocycles. The summed E-state index contributed by atoms with van der Waals surface area (Å²) in [6.07, 6.45) is 4.32. The van der Waals surface area contributed by atoms with Gasteiger partial charge < -0.3 is 9.64 Å². The highest BCUT2D eigenvalue weighted by Gasteiger charge is 2.09. The first-order chi connectivity index (χ1) is 12.7. The van der Waals surface area contributed by atoms with Gasteiger partial charge in [-0.15, -0.1) is 5.10 Å². The average Bonchev–Trinajstić information content (AvgIpc) is 3.05. The third kappa shape index (κ3) is 4.38. The van der Waals surface area contributed by atoms with Crippen molar-refractivity contribution in [2.75, 3.05) is 27.2 Å². The zero-order valence-electron chi connectivity index (χ0n) is 15.2. The molecule has 0 N–H and O–H groups in total. The summed E-state index contributed by atoms with van der Waals surface area (Å²) in [5, 5.41) is 13.4. The van der Waals surface area contributed by atoms with E-state index in [1.165, 1.54) is 0 Å². The Morgan fingerprint density at radius 3 is 2.65 bits per heavy atom. The van der Waals surface area contributed by atoms with Crippen LogP contribution in [0.1, 0.15) is 18.4 Å². The van der Waals surface area contributed by atoms with Gasteiger partial charge in [0.25, 0.3) is 0 Å². The molecule has 0 radical (unpaired) electrons. The smallest absolute Gasteiger partial charge is 0.231 e. The average molecular weight is 349 g/mol. The molecular formula is C20H23N5O. The molecule has 26 heavy (non-hydrogen) atoms. The lowest BCUT2D eigenvalue weighted by Crippen LogP contribution is -2.14. The van der Waals surface area contributed by atoms with E-state index in [1.54, 1.807) is 4.52 Å². The second-order valence-corrected chi connectivity index (χ2v) is 6.48. The van der Waals surface area contributed by atoms with Crippen LogP contribution in [0.25, 0.3) is 16.9 Å². The molecule has 0 spiro atoms. The van der Waals surface area contributed by atoms with E-state index in [-0.39, 0.29) is 0 Å². The number of fused-ring (bicyclic) bond motifs is 1. The molecule has 0 amide bonds. The number of rotatable bonds is 8. The van der Waals surface area contributed by atoms with Crippen LogP contribution in [-0.4, -0.2) is 46.7 Å². The van der Waals surface area contributed by atoms with Gasteiger partial charge >= 0.3 is 0 Å². The van der Waals surface area contributed by atoms with Gasteiger partial charge in [0.2, 0.25) is 5.88 Å². The molecule has 134 valence electrons. The highest BCUT2D eigenvalue weighted by atomic mass is 16.5. The summed E-state index contributed by atoms with van der Waals surface area (Å²) < 4.78 is 7.59. The molecule has 2 aromatic heterocycles. The van der Waals surface area contributed by atoms with Gasteiger partial charge in [-0.25, -0.2) is 9.50 Å². The van der Waals surface area contributed by atoms with Crippen molar-refractivity contribution in [2.45, 2.75) is 19.3 Å². The molecule has 0 aliphatic heterocycles. The van der Waals surface area contributed by atoms with E-state index in [9.17, 15) is 0 Å². The number of nitrogens with zero attached hydrogens (tertiary/aromatic N) is 5. The Morgan fingerprint density at radius 1 is 1.12 bits per heavy atom. The topological polar surface area (TPSA) is 66.5 Å². The molecule has 0 fully saturated rings. The van der Waals surface area contributed by atoms with Gasteiger partial charge in [-0.05, 0) is 45.1 Å². The Labute approximate surface area is 153 Å². The minimum Gasteiger partial charge on any atom is -0.477 e. The molecule has 0 saturated heterocycles. The maximum atomic E-state index is 8.79. The highest BCUT2D eigenvalue weighted by molar-refractivity contribution is 5.63. The van der Waals surface area contributed by atoms with Gasteiger partial charge in [-0.3, -0.25) is 0 Å². The molecule has 6 nitrogen and oxygen atoms in total. The predicted molar refractivity (Wildman–Crippen MR) is 101 cm³/mol. The van der Waals surface area contributed by atoms with Crippen molar-refractivity contribution in [3.05, 3.63) is 48.2 Å². The summed E-state index contributed by atoms with van der Waals surface area (Å²) in [7, 11) is 4.15. The quantitative estimate of drug-likeness (QED) is 0.584. The summed E-state index contributed by atoms with van der Waals surface area (Å²) in [5.41, 5.74) is 3.69. The van der Waals surface area contributed by atoms with Crippen LogP contribution < -0.4 is 4.74 Å². The summed E-state index contributed by atoms with van der Waals surface area (Å²) in [6.45, 7) is 1.71. The lowest BCUT2D eigenvalue weighted by molar-refractivity contribution is 0.280. The largest absolute Gasteiger partial charge is 0.477 e. The fourth-order valence-corrected chi connectivity index (χ4v) is 2.72. The number of ether oxygens (including phenoxy) is 1. The Balaban J connectivity index is 1.72. The first-order valence-corrected chi connectivity index (χ1v) is 8.76. The van der Waals surface area contributed by atoms with Gasteiger partial charge in [-0.1, -0.05) is 24.3 Å². The second-order valence-electron chi connectivity index (χ2n) is 6.48. The third-order valence-corrected chi connectivity index (χ3v) is 4.12. The van der Waals surface area contributed by atoms with Crippen molar-refractivity contribution in [1.82, 2.24) is 19.5 Å². The Hall–Kier alpha value is -2.91. The number of aromatic nitrogens is 3. The van der Waals surface area contributed by atoms with Crippen molar-refractivity contribution in [1.29, 1.82) is 5.26 Å². The normalized spacial score (nSPS) is 11.0. The monoisotopic (exact) mass is 349 g/mol. The lowest BCUT2D eigenvalue weighted by atomic mass is 10.1. The summed E-state index contributed by atoms with van der Waals surface area (Å²) in [5.74, 6) is 0.600. The predicted octanol–water partition coefficient (Wildman–Crippen LogP) is 3.18. The van der Waals surface area contributed by atoms with Crippen molar-refractivity contribution in [2.24, 2.45) is 0 Å². The molecule has 2 heterocycles. The first-order valence-electron chi connectivity index (χ1n) is 8.76.